The summed E-state index contributed by atoms with van der Waals surface area (Å²) in [6.07, 6.45) is 0. The fraction of sp³-hybridized carbons (Fsp3) is 0.0952. The Morgan fingerprint density at radius 1 is 0.808 bits per heavy atom. The first-order valence-corrected chi connectivity index (χ1v) is 8.82. The average Bonchev–Trinajstić information content (AvgIpc) is 2.66. The van der Waals surface area contributed by atoms with Gasteiger partial charge in [-0.15, -0.1) is 0 Å². The minimum atomic E-state index is -0.365. The van der Waals surface area contributed by atoms with Crippen molar-refractivity contribution in [3.8, 4) is 11.5 Å². The Labute approximate surface area is 159 Å². The number of hydrogen-bond acceptors (Lipinski definition) is 3. The first-order chi connectivity index (χ1) is 12.6. The molecule has 0 bridgehead atoms. The van der Waals surface area contributed by atoms with Crippen LogP contribution in [0.1, 0.15) is 15.9 Å². The van der Waals surface area contributed by atoms with Gasteiger partial charge in [0.15, 0.2) is 5.78 Å². The highest BCUT2D eigenvalue weighted by Gasteiger charge is 2.09. The van der Waals surface area contributed by atoms with Crippen molar-refractivity contribution in [1.82, 2.24) is 0 Å². The molecule has 0 aromatic heterocycles. The van der Waals surface area contributed by atoms with Crippen LogP contribution in [0.3, 0.4) is 0 Å². The van der Waals surface area contributed by atoms with Crippen LogP contribution < -0.4 is 9.47 Å². The summed E-state index contributed by atoms with van der Waals surface area (Å²) in [7, 11) is 0. The summed E-state index contributed by atoms with van der Waals surface area (Å²) >= 11 is 3.39. The van der Waals surface area contributed by atoms with E-state index in [-0.39, 0.29) is 11.6 Å². The highest BCUT2D eigenvalue weighted by Crippen LogP contribution is 2.18. The molecule has 0 aliphatic rings. The highest BCUT2D eigenvalue weighted by atomic mass is 79.9. The van der Waals surface area contributed by atoms with Crippen molar-refractivity contribution >= 4 is 21.7 Å². The van der Waals surface area contributed by atoms with E-state index in [1.54, 1.807) is 24.3 Å². The fourth-order valence-electron chi connectivity index (χ4n) is 2.35. The van der Waals surface area contributed by atoms with E-state index >= 15 is 0 Å². The van der Waals surface area contributed by atoms with Crippen LogP contribution in [0, 0.1) is 5.82 Å². The lowest BCUT2D eigenvalue weighted by atomic mass is 10.0. The molecule has 5 heteroatoms. The van der Waals surface area contributed by atoms with Crippen LogP contribution in [0.15, 0.2) is 77.3 Å². The van der Waals surface area contributed by atoms with Crippen LogP contribution in [0.25, 0.3) is 0 Å². The lowest BCUT2D eigenvalue weighted by molar-refractivity contribution is 0.103. The van der Waals surface area contributed by atoms with Gasteiger partial charge in [-0.3, -0.25) is 4.79 Å². The Morgan fingerprint density at radius 2 is 1.38 bits per heavy atom. The molecule has 0 unspecified atom stereocenters. The molecule has 0 atom stereocenters. The molecule has 132 valence electrons. The number of carbonyl (C=O) groups is 1. The number of halogens is 2. The molecule has 0 amide bonds. The molecule has 0 aliphatic heterocycles. The Morgan fingerprint density at radius 3 is 2.00 bits per heavy atom. The molecule has 0 heterocycles. The van der Waals surface area contributed by atoms with Crippen molar-refractivity contribution in [3.63, 3.8) is 0 Å². The zero-order chi connectivity index (χ0) is 18.4. The SMILES string of the molecule is O=C(c1ccc(F)cc1)c1ccc(OCCOc2cccc(Br)c2)cc1. The molecule has 0 saturated carbocycles. The average molecular weight is 415 g/mol. The molecule has 0 N–H and O–H groups in total. The number of ketones is 1. The monoisotopic (exact) mass is 414 g/mol. The predicted octanol–water partition coefficient (Wildman–Crippen LogP) is 5.28. The maximum absolute atomic E-state index is 12.9. The summed E-state index contributed by atoms with van der Waals surface area (Å²) in [6.45, 7) is 0.796. The van der Waals surface area contributed by atoms with Crippen molar-refractivity contribution in [2.75, 3.05) is 13.2 Å². The van der Waals surface area contributed by atoms with Crippen LogP contribution in [0.4, 0.5) is 4.39 Å². The number of ether oxygens (including phenoxy) is 2. The van der Waals surface area contributed by atoms with Crippen LogP contribution in [0.5, 0.6) is 11.5 Å². The van der Waals surface area contributed by atoms with Gasteiger partial charge < -0.3 is 9.47 Å². The van der Waals surface area contributed by atoms with Crippen LogP contribution >= 0.6 is 15.9 Å². The molecule has 0 aliphatic carbocycles. The molecule has 0 radical (unpaired) electrons. The molecule has 3 rings (SSSR count). The predicted molar refractivity (Wildman–Crippen MR) is 101 cm³/mol. The van der Waals surface area contributed by atoms with Crippen LogP contribution in [-0.4, -0.2) is 19.0 Å². The Hall–Kier alpha value is -2.66. The first kappa shape index (κ1) is 18.1. The van der Waals surface area contributed by atoms with Crippen molar-refractivity contribution in [3.05, 3.63) is 94.2 Å². The minimum absolute atomic E-state index is 0.158. The minimum Gasteiger partial charge on any atom is -0.490 e. The van der Waals surface area contributed by atoms with E-state index in [1.807, 2.05) is 24.3 Å². The van der Waals surface area contributed by atoms with Crippen molar-refractivity contribution in [1.29, 1.82) is 0 Å². The Balaban J connectivity index is 1.51. The van der Waals surface area contributed by atoms with Gasteiger partial charge in [0.1, 0.15) is 30.5 Å². The van der Waals surface area contributed by atoms with Gasteiger partial charge in [-0.2, -0.15) is 0 Å². The zero-order valence-electron chi connectivity index (χ0n) is 13.8. The smallest absolute Gasteiger partial charge is 0.193 e. The van der Waals surface area contributed by atoms with Crippen molar-refractivity contribution < 1.29 is 18.7 Å². The van der Waals surface area contributed by atoms with Gasteiger partial charge in [-0.05, 0) is 66.7 Å². The molecule has 0 fully saturated rings. The Kier molecular flexibility index (Phi) is 6.02. The third-order valence-corrected chi connectivity index (χ3v) is 4.13. The summed E-state index contributed by atoms with van der Waals surface area (Å²) < 4.78 is 25.1. The summed E-state index contributed by atoms with van der Waals surface area (Å²) in [5.74, 6) is 0.895. The third-order valence-electron chi connectivity index (χ3n) is 3.64. The fourth-order valence-corrected chi connectivity index (χ4v) is 2.72. The molecule has 3 aromatic carbocycles. The summed E-state index contributed by atoms with van der Waals surface area (Å²) in [5.41, 5.74) is 0.969. The summed E-state index contributed by atoms with van der Waals surface area (Å²) in [6, 6.07) is 19.9. The molecule has 3 aromatic rings. The van der Waals surface area contributed by atoms with E-state index in [1.165, 1.54) is 24.3 Å². The molecular weight excluding hydrogens is 399 g/mol. The third kappa shape index (κ3) is 4.92. The second-order valence-electron chi connectivity index (χ2n) is 5.51. The number of rotatable bonds is 7. The van der Waals surface area contributed by atoms with E-state index in [9.17, 15) is 9.18 Å². The lowest BCUT2D eigenvalue weighted by Gasteiger charge is -2.09. The quantitative estimate of drug-likeness (QED) is 0.389. The standard InChI is InChI=1S/C21H16BrFO3/c22-17-2-1-3-20(14-17)26-13-12-25-19-10-6-16(7-11-19)21(24)15-4-8-18(23)9-5-15/h1-11,14H,12-13H2. The second kappa shape index (κ2) is 8.63. The molecule has 26 heavy (non-hydrogen) atoms. The van der Waals surface area contributed by atoms with E-state index < -0.39 is 0 Å². The lowest BCUT2D eigenvalue weighted by Crippen LogP contribution is -2.09. The van der Waals surface area contributed by atoms with E-state index in [0.717, 1.165) is 10.2 Å². The van der Waals surface area contributed by atoms with Crippen molar-refractivity contribution in [2.45, 2.75) is 0 Å². The molecular formula is C21H16BrFO3. The molecule has 3 nitrogen and oxygen atoms in total. The van der Waals surface area contributed by atoms with Gasteiger partial charge in [0, 0.05) is 15.6 Å². The van der Waals surface area contributed by atoms with Gasteiger partial charge in [0.25, 0.3) is 0 Å². The first-order valence-electron chi connectivity index (χ1n) is 8.03. The van der Waals surface area contributed by atoms with Gasteiger partial charge >= 0.3 is 0 Å². The topological polar surface area (TPSA) is 35.5 Å². The number of hydrogen-bond donors (Lipinski definition) is 0. The maximum Gasteiger partial charge on any atom is 0.193 e. The van der Waals surface area contributed by atoms with Gasteiger partial charge in [-0.1, -0.05) is 22.0 Å². The molecule has 0 spiro atoms. The highest BCUT2D eigenvalue weighted by molar-refractivity contribution is 9.10. The molecule has 0 saturated heterocycles. The van der Waals surface area contributed by atoms with E-state index in [0.29, 0.717) is 30.1 Å². The Bertz CT molecular complexity index is 877. The van der Waals surface area contributed by atoms with Gasteiger partial charge in [-0.25, -0.2) is 4.39 Å². The maximum atomic E-state index is 12.9. The largest absolute Gasteiger partial charge is 0.490 e. The van der Waals surface area contributed by atoms with Crippen LogP contribution in [-0.2, 0) is 0 Å². The number of carbonyl (C=O) groups excluding carboxylic acids is 1. The summed E-state index contributed by atoms with van der Waals surface area (Å²) in [4.78, 5) is 12.3. The number of benzene rings is 3. The second-order valence-corrected chi connectivity index (χ2v) is 6.43. The summed E-state index contributed by atoms with van der Waals surface area (Å²) in [5, 5.41) is 0. The zero-order valence-corrected chi connectivity index (χ0v) is 15.4. The van der Waals surface area contributed by atoms with Gasteiger partial charge in [0.05, 0.1) is 0 Å². The van der Waals surface area contributed by atoms with Gasteiger partial charge in [0.2, 0.25) is 0 Å². The van der Waals surface area contributed by atoms with E-state index in [4.69, 9.17) is 9.47 Å². The van der Waals surface area contributed by atoms with E-state index in [2.05, 4.69) is 15.9 Å². The normalized spacial score (nSPS) is 10.4. The van der Waals surface area contributed by atoms with Crippen molar-refractivity contribution in [2.24, 2.45) is 0 Å². The van der Waals surface area contributed by atoms with Crippen LogP contribution in [0.2, 0.25) is 0 Å².